The van der Waals surface area contributed by atoms with Crippen molar-refractivity contribution in [3.63, 3.8) is 0 Å². The maximum atomic E-state index is 12.9. The van der Waals surface area contributed by atoms with Crippen LogP contribution in [0.5, 0.6) is 11.5 Å². The van der Waals surface area contributed by atoms with E-state index in [1.165, 1.54) is 18.4 Å². The normalized spacial score (nSPS) is 11.0. The lowest BCUT2D eigenvalue weighted by atomic mass is 10.1. The van der Waals surface area contributed by atoms with Crippen LogP contribution in [-0.4, -0.2) is 26.0 Å². The smallest absolute Gasteiger partial charge is 0.272 e. The minimum atomic E-state index is -0.489. The van der Waals surface area contributed by atoms with Crippen molar-refractivity contribution in [2.45, 2.75) is 0 Å². The van der Waals surface area contributed by atoms with Crippen molar-refractivity contribution in [1.82, 2.24) is 5.32 Å². The number of hydrogen-bond acceptors (Lipinski definition) is 5. The number of thiophene rings is 1. The summed E-state index contributed by atoms with van der Waals surface area (Å²) in [5, 5.41) is 7.71. The van der Waals surface area contributed by atoms with E-state index in [-0.39, 0.29) is 11.6 Å². The SMILES string of the molecule is COc1ccc(/C=C(\NC(=O)c2cccs2)C(=O)Nc2cccc(Cl)c2)cc1OC. The van der Waals surface area contributed by atoms with Gasteiger partial charge >= 0.3 is 0 Å². The summed E-state index contributed by atoms with van der Waals surface area (Å²) in [5.74, 6) is 0.197. The molecule has 3 aromatic rings. The molecule has 0 aliphatic carbocycles. The van der Waals surface area contributed by atoms with Crippen LogP contribution in [-0.2, 0) is 4.79 Å². The van der Waals surface area contributed by atoms with E-state index in [2.05, 4.69) is 10.6 Å². The molecule has 0 saturated heterocycles. The van der Waals surface area contributed by atoms with Gasteiger partial charge in [-0.15, -0.1) is 11.3 Å². The molecule has 0 aliphatic rings. The lowest BCUT2D eigenvalue weighted by Gasteiger charge is -2.12. The van der Waals surface area contributed by atoms with Crippen LogP contribution in [0.3, 0.4) is 0 Å². The number of halogens is 1. The number of carbonyl (C=O) groups excluding carboxylic acids is 2. The van der Waals surface area contributed by atoms with Gasteiger partial charge in [-0.2, -0.15) is 0 Å². The molecule has 6 nitrogen and oxygen atoms in total. The van der Waals surface area contributed by atoms with E-state index in [1.807, 2.05) is 0 Å². The molecule has 0 bridgehead atoms. The molecule has 2 amide bonds. The van der Waals surface area contributed by atoms with Crippen LogP contribution in [0.1, 0.15) is 15.2 Å². The summed E-state index contributed by atoms with van der Waals surface area (Å²) in [6.07, 6.45) is 1.56. The van der Waals surface area contributed by atoms with Gasteiger partial charge in [0.15, 0.2) is 11.5 Å². The summed E-state index contributed by atoms with van der Waals surface area (Å²) in [5.41, 5.74) is 1.23. The quantitative estimate of drug-likeness (QED) is 0.514. The van der Waals surface area contributed by atoms with Crippen molar-refractivity contribution in [2.75, 3.05) is 19.5 Å². The largest absolute Gasteiger partial charge is 0.493 e. The summed E-state index contributed by atoms with van der Waals surface area (Å²) >= 11 is 7.27. The molecule has 1 aromatic heterocycles. The molecule has 0 atom stereocenters. The molecule has 0 fully saturated rings. The fourth-order valence-corrected chi connectivity index (χ4v) is 3.43. The molecule has 154 valence electrons. The Hall–Kier alpha value is -3.29. The molecule has 30 heavy (non-hydrogen) atoms. The topological polar surface area (TPSA) is 76.7 Å². The van der Waals surface area contributed by atoms with Gasteiger partial charge in [0.25, 0.3) is 11.8 Å². The van der Waals surface area contributed by atoms with E-state index in [1.54, 1.807) is 73.2 Å². The molecular formula is C22H19ClN2O4S. The van der Waals surface area contributed by atoms with Crippen LogP contribution in [0.25, 0.3) is 6.08 Å². The van der Waals surface area contributed by atoms with E-state index in [0.717, 1.165) is 0 Å². The van der Waals surface area contributed by atoms with Gasteiger partial charge in [0.1, 0.15) is 5.70 Å². The molecule has 3 rings (SSSR count). The summed E-state index contributed by atoms with van der Waals surface area (Å²) < 4.78 is 10.6. The maximum absolute atomic E-state index is 12.9. The van der Waals surface area contributed by atoms with Crippen LogP contribution in [0.4, 0.5) is 5.69 Å². The first kappa shape index (κ1) is 21.4. The Bertz CT molecular complexity index is 1080. The summed E-state index contributed by atoms with van der Waals surface area (Å²) in [4.78, 5) is 26.0. The van der Waals surface area contributed by atoms with E-state index >= 15 is 0 Å². The highest BCUT2D eigenvalue weighted by molar-refractivity contribution is 7.12. The number of rotatable bonds is 7. The number of hydrogen-bond donors (Lipinski definition) is 2. The van der Waals surface area contributed by atoms with Crippen LogP contribution >= 0.6 is 22.9 Å². The van der Waals surface area contributed by atoms with E-state index in [9.17, 15) is 9.59 Å². The molecular weight excluding hydrogens is 424 g/mol. The average Bonchev–Trinajstić information content (AvgIpc) is 3.28. The minimum Gasteiger partial charge on any atom is -0.493 e. The second kappa shape index (κ2) is 9.96. The first-order valence-corrected chi connectivity index (χ1v) is 10.1. The summed E-state index contributed by atoms with van der Waals surface area (Å²) in [6.45, 7) is 0. The fourth-order valence-electron chi connectivity index (χ4n) is 2.62. The molecule has 0 saturated carbocycles. The summed E-state index contributed by atoms with van der Waals surface area (Å²) in [7, 11) is 3.06. The first-order chi connectivity index (χ1) is 14.5. The molecule has 1 heterocycles. The number of anilines is 1. The zero-order valence-corrected chi connectivity index (χ0v) is 17.8. The van der Waals surface area contributed by atoms with Gasteiger partial charge in [0.05, 0.1) is 19.1 Å². The molecule has 0 aliphatic heterocycles. The van der Waals surface area contributed by atoms with Gasteiger partial charge in [0, 0.05) is 10.7 Å². The highest BCUT2D eigenvalue weighted by Crippen LogP contribution is 2.28. The zero-order chi connectivity index (χ0) is 21.5. The monoisotopic (exact) mass is 442 g/mol. The van der Waals surface area contributed by atoms with Gasteiger partial charge in [-0.3, -0.25) is 9.59 Å². The number of methoxy groups -OCH3 is 2. The predicted octanol–water partition coefficient (Wildman–Crippen LogP) is 4.83. The second-order valence-corrected chi connectivity index (χ2v) is 7.45. The van der Waals surface area contributed by atoms with Crippen LogP contribution in [0.2, 0.25) is 5.02 Å². The molecule has 0 spiro atoms. The van der Waals surface area contributed by atoms with Crippen molar-refractivity contribution in [2.24, 2.45) is 0 Å². The van der Waals surface area contributed by atoms with Crippen molar-refractivity contribution in [3.8, 4) is 11.5 Å². The third-order valence-electron chi connectivity index (χ3n) is 4.04. The van der Waals surface area contributed by atoms with Gasteiger partial charge in [-0.05, 0) is 53.4 Å². The van der Waals surface area contributed by atoms with E-state index in [0.29, 0.717) is 32.6 Å². The van der Waals surface area contributed by atoms with Crippen molar-refractivity contribution >= 4 is 46.5 Å². The Labute approximate surface area is 183 Å². The number of ether oxygens (including phenoxy) is 2. The van der Waals surface area contributed by atoms with Crippen LogP contribution < -0.4 is 20.1 Å². The Morgan fingerprint density at radius 1 is 1.00 bits per heavy atom. The Morgan fingerprint density at radius 2 is 1.80 bits per heavy atom. The van der Waals surface area contributed by atoms with Crippen LogP contribution in [0.15, 0.2) is 65.7 Å². The fraction of sp³-hybridized carbons (Fsp3) is 0.0909. The minimum absolute atomic E-state index is 0.0700. The highest BCUT2D eigenvalue weighted by atomic mass is 35.5. The van der Waals surface area contributed by atoms with Gasteiger partial charge in [-0.1, -0.05) is 29.8 Å². The Kier molecular flexibility index (Phi) is 7.11. The molecule has 0 unspecified atom stereocenters. The number of amides is 2. The third-order valence-corrected chi connectivity index (χ3v) is 5.14. The molecule has 8 heteroatoms. The molecule has 2 aromatic carbocycles. The predicted molar refractivity (Wildman–Crippen MR) is 119 cm³/mol. The van der Waals surface area contributed by atoms with E-state index in [4.69, 9.17) is 21.1 Å². The third kappa shape index (κ3) is 5.40. The van der Waals surface area contributed by atoms with Crippen molar-refractivity contribution in [1.29, 1.82) is 0 Å². The van der Waals surface area contributed by atoms with Gasteiger partial charge in [0.2, 0.25) is 0 Å². The van der Waals surface area contributed by atoms with Crippen molar-refractivity contribution < 1.29 is 19.1 Å². The lowest BCUT2D eigenvalue weighted by Crippen LogP contribution is -2.30. The number of nitrogens with one attached hydrogen (secondary N) is 2. The maximum Gasteiger partial charge on any atom is 0.272 e. The number of carbonyl (C=O) groups is 2. The highest BCUT2D eigenvalue weighted by Gasteiger charge is 2.16. The van der Waals surface area contributed by atoms with Crippen LogP contribution in [0, 0.1) is 0 Å². The molecule has 2 N–H and O–H groups in total. The molecule has 0 radical (unpaired) electrons. The van der Waals surface area contributed by atoms with Gasteiger partial charge < -0.3 is 20.1 Å². The van der Waals surface area contributed by atoms with Gasteiger partial charge in [-0.25, -0.2) is 0 Å². The zero-order valence-electron chi connectivity index (χ0n) is 16.3. The Morgan fingerprint density at radius 3 is 2.47 bits per heavy atom. The Balaban J connectivity index is 1.93. The van der Waals surface area contributed by atoms with Crippen molar-refractivity contribution in [3.05, 3.63) is 81.1 Å². The standard InChI is InChI=1S/C22H19ClN2O4S/c1-28-18-9-8-14(12-19(18)29-2)11-17(25-22(27)20-7-4-10-30-20)21(26)24-16-6-3-5-15(23)13-16/h3-13H,1-2H3,(H,24,26)(H,25,27)/b17-11-. The second-order valence-electron chi connectivity index (χ2n) is 6.07. The summed E-state index contributed by atoms with van der Waals surface area (Å²) in [6, 6.07) is 15.4. The van der Waals surface area contributed by atoms with E-state index < -0.39 is 5.91 Å². The number of benzene rings is 2. The average molecular weight is 443 g/mol. The first-order valence-electron chi connectivity index (χ1n) is 8.85. The lowest BCUT2D eigenvalue weighted by molar-refractivity contribution is -0.113.